The predicted octanol–water partition coefficient (Wildman–Crippen LogP) is 3.13. The largest absolute Gasteiger partial charge is 0.442 e. The molecule has 1 aromatic carbocycles. The molecule has 6 nitrogen and oxygen atoms in total. The summed E-state index contributed by atoms with van der Waals surface area (Å²) in [5.41, 5.74) is 6.60. The molecule has 0 aliphatic rings. The number of likely N-dealkylation sites (N-methyl/N-ethyl adjacent to an activating group) is 1. The molecule has 1 unspecified atom stereocenters. The number of fused-ring (bicyclic) bond motifs is 1. The maximum Gasteiger partial charge on any atom is 0.405 e. The SMILES string of the molecule is COCCN(C)c1nc2c(Cl)cccc2cc1C(C)OC(N)=O. The highest BCUT2D eigenvalue weighted by Gasteiger charge is 2.19. The van der Waals surface area contributed by atoms with Gasteiger partial charge in [-0.25, -0.2) is 9.78 Å². The Hall–Kier alpha value is -2.05. The summed E-state index contributed by atoms with van der Waals surface area (Å²) in [4.78, 5) is 17.7. The first-order chi connectivity index (χ1) is 10.9. The summed E-state index contributed by atoms with van der Waals surface area (Å²) in [6, 6.07) is 7.47. The minimum absolute atomic E-state index is 0.525. The van der Waals surface area contributed by atoms with Crippen molar-refractivity contribution < 1.29 is 14.3 Å². The molecule has 0 saturated carbocycles. The number of pyridine rings is 1. The van der Waals surface area contributed by atoms with Gasteiger partial charge in [-0.1, -0.05) is 23.7 Å². The Kier molecular flexibility index (Phi) is 5.63. The van der Waals surface area contributed by atoms with Gasteiger partial charge < -0.3 is 20.1 Å². The van der Waals surface area contributed by atoms with Crippen LogP contribution in [0.1, 0.15) is 18.6 Å². The molecule has 1 atom stereocenters. The van der Waals surface area contributed by atoms with Gasteiger partial charge in [-0.05, 0) is 19.1 Å². The number of primary amides is 1. The van der Waals surface area contributed by atoms with Crippen LogP contribution in [0.5, 0.6) is 0 Å². The topological polar surface area (TPSA) is 77.7 Å². The van der Waals surface area contributed by atoms with E-state index in [-0.39, 0.29) is 0 Å². The third-order valence-electron chi connectivity index (χ3n) is 3.53. The van der Waals surface area contributed by atoms with Gasteiger partial charge in [0.2, 0.25) is 0 Å². The number of benzene rings is 1. The smallest absolute Gasteiger partial charge is 0.405 e. The zero-order valence-electron chi connectivity index (χ0n) is 13.4. The highest BCUT2D eigenvalue weighted by Crippen LogP contribution is 2.32. The van der Waals surface area contributed by atoms with Crippen LogP contribution in [0.2, 0.25) is 5.02 Å². The molecule has 2 rings (SSSR count). The number of hydrogen-bond acceptors (Lipinski definition) is 5. The van der Waals surface area contributed by atoms with E-state index in [4.69, 9.17) is 26.8 Å². The van der Waals surface area contributed by atoms with E-state index in [2.05, 4.69) is 4.98 Å². The minimum atomic E-state index is -0.825. The van der Waals surface area contributed by atoms with E-state index in [0.29, 0.717) is 29.5 Å². The third-order valence-corrected chi connectivity index (χ3v) is 3.83. The summed E-state index contributed by atoms with van der Waals surface area (Å²) in [6.07, 6.45) is -1.35. The van der Waals surface area contributed by atoms with Crippen molar-refractivity contribution in [3.63, 3.8) is 0 Å². The summed E-state index contributed by atoms with van der Waals surface area (Å²) in [5.74, 6) is 0.677. The quantitative estimate of drug-likeness (QED) is 0.876. The fourth-order valence-corrected chi connectivity index (χ4v) is 2.57. The molecule has 1 heterocycles. The molecule has 0 saturated heterocycles. The third kappa shape index (κ3) is 4.03. The fraction of sp³-hybridized carbons (Fsp3) is 0.375. The van der Waals surface area contributed by atoms with Crippen LogP contribution in [-0.4, -0.2) is 38.4 Å². The van der Waals surface area contributed by atoms with Crippen molar-refractivity contribution in [2.24, 2.45) is 5.73 Å². The number of ether oxygens (including phenoxy) is 2. The van der Waals surface area contributed by atoms with E-state index in [1.54, 1.807) is 20.1 Å². The zero-order chi connectivity index (χ0) is 17.0. The van der Waals surface area contributed by atoms with Crippen molar-refractivity contribution in [3.8, 4) is 0 Å². The number of rotatable bonds is 6. The Balaban J connectivity index is 2.54. The molecular formula is C16H20ClN3O3. The first kappa shape index (κ1) is 17.3. The number of halogens is 1. The normalized spacial score (nSPS) is 12.2. The lowest BCUT2D eigenvalue weighted by Crippen LogP contribution is -2.26. The van der Waals surface area contributed by atoms with Crippen LogP contribution >= 0.6 is 11.6 Å². The zero-order valence-corrected chi connectivity index (χ0v) is 14.1. The molecule has 2 N–H and O–H groups in total. The minimum Gasteiger partial charge on any atom is -0.442 e. The molecule has 2 aromatic rings. The summed E-state index contributed by atoms with van der Waals surface area (Å²) >= 11 is 6.24. The molecule has 0 spiro atoms. The number of methoxy groups -OCH3 is 1. The van der Waals surface area contributed by atoms with E-state index in [0.717, 1.165) is 10.9 Å². The van der Waals surface area contributed by atoms with Crippen molar-refractivity contribution in [2.45, 2.75) is 13.0 Å². The molecule has 124 valence electrons. The summed E-state index contributed by atoms with van der Waals surface area (Å²) in [6.45, 7) is 2.94. The highest BCUT2D eigenvalue weighted by atomic mass is 35.5. The van der Waals surface area contributed by atoms with Crippen molar-refractivity contribution in [2.75, 3.05) is 32.2 Å². The number of nitrogens with two attached hydrogens (primary N) is 1. The average Bonchev–Trinajstić information content (AvgIpc) is 2.51. The lowest BCUT2D eigenvalue weighted by atomic mass is 10.1. The van der Waals surface area contributed by atoms with Gasteiger partial charge >= 0.3 is 6.09 Å². The van der Waals surface area contributed by atoms with Crippen molar-refractivity contribution in [1.29, 1.82) is 0 Å². The fourth-order valence-electron chi connectivity index (χ4n) is 2.35. The van der Waals surface area contributed by atoms with Gasteiger partial charge in [-0.2, -0.15) is 0 Å². The molecule has 0 fully saturated rings. The van der Waals surface area contributed by atoms with Gasteiger partial charge in [0.05, 0.1) is 17.1 Å². The molecule has 23 heavy (non-hydrogen) atoms. The maximum absolute atomic E-state index is 11.1. The monoisotopic (exact) mass is 337 g/mol. The van der Waals surface area contributed by atoms with E-state index in [9.17, 15) is 4.79 Å². The van der Waals surface area contributed by atoms with E-state index < -0.39 is 12.2 Å². The van der Waals surface area contributed by atoms with E-state index in [1.165, 1.54) is 0 Å². The second kappa shape index (κ2) is 7.48. The molecule has 0 bridgehead atoms. The molecule has 0 radical (unpaired) electrons. The van der Waals surface area contributed by atoms with Crippen LogP contribution in [0.25, 0.3) is 10.9 Å². The molecule has 1 aromatic heterocycles. The van der Waals surface area contributed by atoms with E-state index in [1.807, 2.05) is 30.1 Å². The van der Waals surface area contributed by atoms with Gasteiger partial charge in [0.25, 0.3) is 0 Å². The van der Waals surface area contributed by atoms with Gasteiger partial charge in [0.15, 0.2) is 0 Å². The van der Waals surface area contributed by atoms with Crippen LogP contribution in [0.3, 0.4) is 0 Å². The van der Waals surface area contributed by atoms with Crippen molar-refractivity contribution in [1.82, 2.24) is 4.98 Å². The Morgan fingerprint density at radius 3 is 2.87 bits per heavy atom. The summed E-state index contributed by atoms with van der Waals surface area (Å²) < 4.78 is 10.2. The first-order valence-electron chi connectivity index (χ1n) is 7.19. The number of amides is 1. The van der Waals surface area contributed by atoms with Crippen LogP contribution in [0.4, 0.5) is 10.6 Å². The standard InChI is InChI=1S/C16H20ClN3O3/c1-10(23-16(18)21)12-9-11-5-4-6-13(17)14(11)19-15(12)20(2)7-8-22-3/h4-6,9-10H,7-8H2,1-3H3,(H2,18,21). The lowest BCUT2D eigenvalue weighted by molar-refractivity contribution is 0.116. The second-order valence-corrected chi connectivity index (χ2v) is 5.61. The first-order valence-corrected chi connectivity index (χ1v) is 7.57. The van der Waals surface area contributed by atoms with Gasteiger partial charge in [0.1, 0.15) is 11.9 Å². The van der Waals surface area contributed by atoms with Gasteiger partial charge in [0, 0.05) is 31.7 Å². The van der Waals surface area contributed by atoms with Crippen LogP contribution in [-0.2, 0) is 9.47 Å². The highest BCUT2D eigenvalue weighted by molar-refractivity contribution is 6.35. The average molecular weight is 338 g/mol. The number of para-hydroxylation sites is 1. The summed E-state index contributed by atoms with van der Waals surface area (Å²) in [5, 5.41) is 1.44. The summed E-state index contributed by atoms with van der Waals surface area (Å²) in [7, 11) is 3.53. The maximum atomic E-state index is 11.1. The van der Waals surface area contributed by atoms with Crippen molar-refractivity contribution >= 4 is 34.4 Å². The molecule has 1 amide bonds. The van der Waals surface area contributed by atoms with E-state index >= 15 is 0 Å². The predicted molar refractivity (Wildman–Crippen MR) is 91.0 cm³/mol. The number of carbonyl (C=O) groups excluding carboxylic acids is 1. The Bertz CT molecular complexity index is 708. The number of anilines is 1. The van der Waals surface area contributed by atoms with Gasteiger partial charge in [-0.3, -0.25) is 0 Å². The van der Waals surface area contributed by atoms with Gasteiger partial charge in [-0.15, -0.1) is 0 Å². The second-order valence-electron chi connectivity index (χ2n) is 5.21. The number of aromatic nitrogens is 1. The molecule has 7 heteroatoms. The number of hydrogen-bond donors (Lipinski definition) is 1. The van der Waals surface area contributed by atoms with Crippen molar-refractivity contribution in [3.05, 3.63) is 34.9 Å². The molecular weight excluding hydrogens is 318 g/mol. The molecule has 0 aliphatic carbocycles. The number of carbonyl (C=O) groups is 1. The Morgan fingerprint density at radius 2 is 2.22 bits per heavy atom. The Labute approximate surface area is 140 Å². The van der Waals surface area contributed by atoms with Crippen LogP contribution in [0, 0.1) is 0 Å². The Morgan fingerprint density at radius 1 is 1.48 bits per heavy atom. The van der Waals surface area contributed by atoms with Crippen LogP contribution in [0.15, 0.2) is 24.3 Å². The number of nitrogens with zero attached hydrogens (tertiary/aromatic N) is 2. The lowest BCUT2D eigenvalue weighted by Gasteiger charge is -2.24. The van der Waals surface area contributed by atoms with Crippen LogP contribution < -0.4 is 10.6 Å². The molecule has 0 aliphatic heterocycles.